The standard InChI is InChI=1S/C21H24N4O2/c1-15-14-25(8-9-27-15)20-7-6-16(11-23-20)12-24-21(26)10-17-13-22-19-5-3-2-4-18(17)19/h2-7,11,13,15,22H,8-10,12,14H2,1H3,(H,24,26)/t15-/m0/s1. The van der Waals surface area contributed by atoms with Crippen LogP contribution in [0.4, 0.5) is 5.82 Å². The number of para-hydroxylation sites is 1. The van der Waals surface area contributed by atoms with Gasteiger partial charge in [0, 0.05) is 42.9 Å². The van der Waals surface area contributed by atoms with Gasteiger partial charge in [-0.2, -0.15) is 0 Å². The van der Waals surface area contributed by atoms with Crippen LogP contribution in [0.5, 0.6) is 0 Å². The van der Waals surface area contributed by atoms with E-state index >= 15 is 0 Å². The Balaban J connectivity index is 1.32. The average Bonchev–Trinajstić information content (AvgIpc) is 3.10. The molecule has 4 rings (SSSR count). The van der Waals surface area contributed by atoms with Crippen LogP contribution in [0.3, 0.4) is 0 Å². The molecule has 0 saturated carbocycles. The number of pyridine rings is 1. The highest BCUT2D eigenvalue weighted by molar-refractivity contribution is 5.88. The zero-order chi connectivity index (χ0) is 18.6. The maximum atomic E-state index is 12.3. The van der Waals surface area contributed by atoms with Crippen LogP contribution in [0.15, 0.2) is 48.8 Å². The van der Waals surface area contributed by atoms with Crippen molar-refractivity contribution in [2.75, 3.05) is 24.6 Å². The molecule has 3 heterocycles. The Bertz CT molecular complexity index is 919. The Kier molecular flexibility index (Phi) is 5.07. The van der Waals surface area contributed by atoms with Crippen LogP contribution in [0.1, 0.15) is 18.1 Å². The van der Waals surface area contributed by atoms with Gasteiger partial charge in [0.2, 0.25) is 5.91 Å². The fraction of sp³-hybridized carbons (Fsp3) is 0.333. The first-order valence-electron chi connectivity index (χ1n) is 9.32. The van der Waals surface area contributed by atoms with Crippen molar-refractivity contribution in [3.05, 3.63) is 59.9 Å². The largest absolute Gasteiger partial charge is 0.375 e. The maximum absolute atomic E-state index is 12.3. The normalized spacial score (nSPS) is 17.2. The smallest absolute Gasteiger partial charge is 0.224 e. The molecule has 0 bridgehead atoms. The van der Waals surface area contributed by atoms with E-state index in [0.29, 0.717) is 13.0 Å². The monoisotopic (exact) mass is 364 g/mol. The summed E-state index contributed by atoms with van der Waals surface area (Å²) in [7, 11) is 0. The first-order chi connectivity index (χ1) is 13.2. The number of morpholine rings is 1. The molecule has 27 heavy (non-hydrogen) atoms. The van der Waals surface area contributed by atoms with Crippen molar-refractivity contribution in [1.29, 1.82) is 0 Å². The van der Waals surface area contributed by atoms with Crippen LogP contribution in [0, 0.1) is 0 Å². The number of amides is 1. The number of anilines is 1. The number of H-pyrrole nitrogens is 1. The Morgan fingerprint density at radius 2 is 2.22 bits per heavy atom. The van der Waals surface area contributed by atoms with Gasteiger partial charge in [-0.3, -0.25) is 4.79 Å². The molecule has 1 aliphatic rings. The van der Waals surface area contributed by atoms with Crippen molar-refractivity contribution in [2.24, 2.45) is 0 Å². The van der Waals surface area contributed by atoms with Crippen LogP contribution in [0.25, 0.3) is 10.9 Å². The Morgan fingerprint density at radius 1 is 1.33 bits per heavy atom. The number of aromatic nitrogens is 2. The zero-order valence-corrected chi connectivity index (χ0v) is 15.4. The van der Waals surface area contributed by atoms with E-state index in [-0.39, 0.29) is 12.0 Å². The molecule has 2 N–H and O–H groups in total. The summed E-state index contributed by atoms with van der Waals surface area (Å²) in [6.07, 6.45) is 4.33. The molecule has 6 nitrogen and oxygen atoms in total. The lowest BCUT2D eigenvalue weighted by atomic mass is 10.1. The second kappa shape index (κ2) is 7.80. The predicted octanol–water partition coefficient (Wildman–Crippen LogP) is 2.65. The number of rotatable bonds is 5. The molecule has 1 atom stereocenters. The second-order valence-electron chi connectivity index (χ2n) is 6.97. The molecule has 1 aromatic carbocycles. The highest BCUT2D eigenvalue weighted by atomic mass is 16.5. The number of nitrogens with zero attached hydrogens (tertiary/aromatic N) is 2. The van der Waals surface area contributed by atoms with Gasteiger partial charge >= 0.3 is 0 Å². The number of fused-ring (bicyclic) bond motifs is 1. The van der Waals surface area contributed by atoms with Crippen molar-refractivity contribution in [3.63, 3.8) is 0 Å². The number of nitrogens with one attached hydrogen (secondary N) is 2. The third kappa shape index (κ3) is 4.11. The summed E-state index contributed by atoms with van der Waals surface area (Å²) in [6.45, 7) is 5.00. The second-order valence-corrected chi connectivity index (χ2v) is 6.97. The summed E-state index contributed by atoms with van der Waals surface area (Å²) in [4.78, 5) is 22.3. The molecule has 1 aliphatic heterocycles. The van der Waals surface area contributed by atoms with E-state index in [4.69, 9.17) is 4.74 Å². The number of ether oxygens (including phenoxy) is 1. The Morgan fingerprint density at radius 3 is 3.04 bits per heavy atom. The fourth-order valence-corrected chi connectivity index (χ4v) is 3.45. The number of carbonyl (C=O) groups excluding carboxylic acids is 1. The van der Waals surface area contributed by atoms with Gasteiger partial charge < -0.3 is 19.9 Å². The maximum Gasteiger partial charge on any atom is 0.224 e. The van der Waals surface area contributed by atoms with Crippen LogP contribution < -0.4 is 10.2 Å². The predicted molar refractivity (Wildman–Crippen MR) is 106 cm³/mol. The lowest BCUT2D eigenvalue weighted by molar-refractivity contribution is -0.120. The highest BCUT2D eigenvalue weighted by Crippen LogP contribution is 2.18. The zero-order valence-electron chi connectivity index (χ0n) is 15.4. The number of benzene rings is 1. The van der Waals surface area contributed by atoms with Crippen molar-refractivity contribution < 1.29 is 9.53 Å². The summed E-state index contributed by atoms with van der Waals surface area (Å²) in [5.41, 5.74) is 3.06. The van der Waals surface area contributed by atoms with Crippen molar-refractivity contribution >= 4 is 22.6 Å². The summed E-state index contributed by atoms with van der Waals surface area (Å²) < 4.78 is 5.57. The topological polar surface area (TPSA) is 70.2 Å². The summed E-state index contributed by atoms with van der Waals surface area (Å²) in [5, 5.41) is 4.08. The Labute approximate surface area is 158 Å². The molecule has 3 aromatic rings. The molecule has 0 aliphatic carbocycles. The molecular formula is C21H24N4O2. The summed E-state index contributed by atoms with van der Waals surface area (Å²) in [5.74, 6) is 0.963. The fourth-order valence-electron chi connectivity index (χ4n) is 3.45. The quantitative estimate of drug-likeness (QED) is 0.730. The molecule has 0 unspecified atom stereocenters. The molecule has 0 spiro atoms. The van der Waals surface area contributed by atoms with Crippen LogP contribution in [-0.4, -0.2) is 41.7 Å². The molecule has 140 valence electrons. The van der Waals surface area contributed by atoms with Gasteiger partial charge in [-0.25, -0.2) is 4.98 Å². The van der Waals surface area contributed by atoms with Crippen molar-refractivity contribution in [2.45, 2.75) is 26.0 Å². The average molecular weight is 364 g/mol. The van der Waals surface area contributed by atoms with Crippen LogP contribution in [0.2, 0.25) is 0 Å². The van der Waals surface area contributed by atoms with E-state index in [1.807, 2.05) is 48.8 Å². The summed E-state index contributed by atoms with van der Waals surface area (Å²) >= 11 is 0. The molecular weight excluding hydrogens is 340 g/mol. The molecule has 0 radical (unpaired) electrons. The van der Waals surface area contributed by atoms with E-state index in [9.17, 15) is 4.79 Å². The molecule has 2 aromatic heterocycles. The van der Waals surface area contributed by atoms with Gasteiger partial charge in [0.25, 0.3) is 0 Å². The van der Waals surface area contributed by atoms with Crippen molar-refractivity contribution in [1.82, 2.24) is 15.3 Å². The SMILES string of the molecule is C[C@H]1CN(c2ccc(CNC(=O)Cc3c[nH]c4ccccc34)cn2)CCO1. The number of hydrogen-bond acceptors (Lipinski definition) is 4. The first kappa shape index (κ1) is 17.5. The van der Waals surface area contributed by atoms with E-state index in [0.717, 1.165) is 47.5 Å². The number of hydrogen-bond donors (Lipinski definition) is 2. The van der Waals surface area contributed by atoms with Gasteiger partial charge in [-0.15, -0.1) is 0 Å². The van der Waals surface area contributed by atoms with Gasteiger partial charge in [0.05, 0.1) is 19.1 Å². The van der Waals surface area contributed by atoms with Gasteiger partial charge in [-0.05, 0) is 30.2 Å². The Hall–Kier alpha value is -2.86. The van der Waals surface area contributed by atoms with E-state index in [2.05, 4.69) is 27.1 Å². The minimum absolute atomic E-state index is 0.00540. The van der Waals surface area contributed by atoms with E-state index in [1.165, 1.54) is 0 Å². The number of carbonyl (C=O) groups is 1. The lowest BCUT2D eigenvalue weighted by Gasteiger charge is -2.32. The minimum atomic E-state index is 0.00540. The van der Waals surface area contributed by atoms with Gasteiger partial charge in [0.15, 0.2) is 0 Å². The summed E-state index contributed by atoms with van der Waals surface area (Å²) in [6, 6.07) is 12.0. The third-order valence-corrected chi connectivity index (χ3v) is 4.89. The van der Waals surface area contributed by atoms with Crippen molar-refractivity contribution in [3.8, 4) is 0 Å². The lowest BCUT2D eigenvalue weighted by Crippen LogP contribution is -2.41. The molecule has 1 amide bonds. The number of aromatic amines is 1. The van der Waals surface area contributed by atoms with Crippen LogP contribution in [-0.2, 0) is 22.5 Å². The van der Waals surface area contributed by atoms with Crippen LogP contribution >= 0.6 is 0 Å². The minimum Gasteiger partial charge on any atom is -0.375 e. The van der Waals surface area contributed by atoms with E-state index in [1.54, 1.807) is 0 Å². The van der Waals surface area contributed by atoms with Gasteiger partial charge in [-0.1, -0.05) is 24.3 Å². The van der Waals surface area contributed by atoms with Gasteiger partial charge in [0.1, 0.15) is 5.82 Å². The highest BCUT2D eigenvalue weighted by Gasteiger charge is 2.17. The molecule has 1 saturated heterocycles. The third-order valence-electron chi connectivity index (χ3n) is 4.89. The molecule has 1 fully saturated rings. The molecule has 6 heteroatoms. The first-order valence-corrected chi connectivity index (χ1v) is 9.32. The van der Waals surface area contributed by atoms with E-state index < -0.39 is 0 Å².